The first-order valence-electron chi connectivity index (χ1n) is 9.35. The molecule has 2 aromatic carbocycles. The molecule has 0 spiro atoms. The van der Waals surface area contributed by atoms with E-state index in [0.29, 0.717) is 19.0 Å². The predicted octanol–water partition coefficient (Wildman–Crippen LogP) is 4.39. The van der Waals surface area contributed by atoms with Crippen LogP contribution in [0.3, 0.4) is 0 Å². The van der Waals surface area contributed by atoms with Crippen molar-refractivity contribution in [2.75, 3.05) is 13.2 Å². The summed E-state index contributed by atoms with van der Waals surface area (Å²) in [6.45, 7) is 6.57. The van der Waals surface area contributed by atoms with Gasteiger partial charge in [0.05, 0.1) is 18.9 Å². The van der Waals surface area contributed by atoms with Crippen molar-refractivity contribution in [3.63, 3.8) is 0 Å². The van der Waals surface area contributed by atoms with Crippen molar-refractivity contribution in [1.29, 1.82) is 0 Å². The fourth-order valence-corrected chi connectivity index (χ4v) is 4.99. The normalized spacial score (nSPS) is 11.4. The first-order valence-corrected chi connectivity index (χ1v) is 11.7. The number of sulfonamides is 1. The quantitative estimate of drug-likeness (QED) is 0.542. The monoisotopic (exact) mass is 432 g/mol. The average Bonchev–Trinajstić information content (AvgIpc) is 3.08. The van der Waals surface area contributed by atoms with Crippen molar-refractivity contribution < 1.29 is 17.9 Å². The summed E-state index contributed by atoms with van der Waals surface area (Å²) in [6, 6.07) is 14.6. The molecule has 0 aliphatic heterocycles. The zero-order valence-electron chi connectivity index (χ0n) is 16.6. The van der Waals surface area contributed by atoms with Crippen molar-refractivity contribution in [1.82, 2.24) is 9.71 Å². The van der Waals surface area contributed by atoms with E-state index in [0.717, 1.165) is 21.1 Å². The zero-order valence-corrected chi connectivity index (χ0v) is 18.3. The summed E-state index contributed by atoms with van der Waals surface area (Å²) in [4.78, 5) is 5.54. The molecule has 0 fully saturated rings. The van der Waals surface area contributed by atoms with Gasteiger partial charge in [0.1, 0.15) is 21.4 Å². The molecule has 0 radical (unpaired) electrons. The van der Waals surface area contributed by atoms with E-state index in [1.165, 1.54) is 17.4 Å². The van der Waals surface area contributed by atoms with Crippen LogP contribution in [0.5, 0.6) is 11.5 Å². The van der Waals surface area contributed by atoms with Gasteiger partial charge < -0.3 is 9.47 Å². The molecule has 1 aromatic heterocycles. The molecule has 29 heavy (non-hydrogen) atoms. The van der Waals surface area contributed by atoms with E-state index in [1.807, 2.05) is 51.1 Å². The second kappa shape index (κ2) is 9.39. The molecule has 0 aliphatic rings. The van der Waals surface area contributed by atoms with Gasteiger partial charge in [-0.15, -0.1) is 11.3 Å². The van der Waals surface area contributed by atoms with Crippen LogP contribution < -0.4 is 14.2 Å². The molecule has 0 aliphatic carbocycles. The Kier molecular flexibility index (Phi) is 6.89. The van der Waals surface area contributed by atoms with Gasteiger partial charge in [-0.3, -0.25) is 0 Å². The minimum Gasteiger partial charge on any atom is -0.494 e. The van der Waals surface area contributed by atoms with Crippen LogP contribution in [-0.2, 0) is 16.6 Å². The number of nitrogens with zero attached hydrogens (tertiary/aromatic N) is 1. The van der Waals surface area contributed by atoms with Gasteiger partial charge in [0, 0.05) is 23.1 Å². The van der Waals surface area contributed by atoms with Crippen molar-refractivity contribution >= 4 is 21.4 Å². The summed E-state index contributed by atoms with van der Waals surface area (Å²) < 4.78 is 39.5. The second-order valence-electron chi connectivity index (χ2n) is 6.19. The lowest BCUT2D eigenvalue weighted by Gasteiger charge is -2.13. The molecule has 0 unspecified atom stereocenters. The molecule has 0 atom stereocenters. The minimum atomic E-state index is -3.77. The average molecular weight is 433 g/mol. The van der Waals surface area contributed by atoms with Gasteiger partial charge in [0.25, 0.3) is 0 Å². The number of aryl methyl sites for hydroxylation is 1. The van der Waals surface area contributed by atoms with E-state index in [1.54, 1.807) is 12.1 Å². The third-order valence-corrected chi connectivity index (χ3v) is 6.80. The Bertz CT molecular complexity index is 1060. The van der Waals surface area contributed by atoms with Gasteiger partial charge in [0.15, 0.2) is 0 Å². The lowest BCUT2D eigenvalue weighted by Crippen LogP contribution is -2.23. The van der Waals surface area contributed by atoms with Crippen LogP contribution in [0, 0.1) is 6.92 Å². The molecule has 3 aromatic rings. The highest BCUT2D eigenvalue weighted by Gasteiger charge is 2.21. The Hall–Kier alpha value is -2.42. The SMILES string of the molecule is CCOc1ccc(S(=O)(=O)NCc2sc(-c3ccccc3)nc2C)c(OCC)c1. The first-order chi connectivity index (χ1) is 13.9. The number of nitrogens with one attached hydrogen (secondary N) is 1. The molecule has 3 rings (SSSR count). The number of thiazole rings is 1. The van der Waals surface area contributed by atoms with E-state index in [9.17, 15) is 8.42 Å². The van der Waals surface area contributed by atoms with Gasteiger partial charge in [-0.1, -0.05) is 30.3 Å². The van der Waals surface area contributed by atoms with Crippen molar-refractivity contribution in [3.05, 3.63) is 59.1 Å². The molecule has 0 saturated heterocycles. The first kappa shape index (κ1) is 21.3. The van der Waals surface area contributed by atoms with Crippen molar-refractivity contribution in [2.24, 2.45) is 0 Å². The van der Waals surface area contributed by atoms with Crippen LogP contribution >= 0.6 is 11.3 Å². The van der Waals surface area contributed by atoms with Crippen LogP contribution in [0.2, 0.25) is 0 Å². The van der Waals surface area contributed by atoms with Crippen molar-refractivity contribution in [2.45, 2.75) is 32.2 Å². The molecule has 8 heteroatoms. The largest absolute Gasteiger partial charge is 0.494 e. The van der Waals surface area contributed by atoms with Crippen LogP contribution in [0.25, 0.3) is 10.6 Å². The fraction of sp³-hybridized carbons (Fsp3) is 0.286. The summed E-state index contributed by atoms with van der Waals surface area (Å²) in [7, 11) is -3.77. The third-order valence-electron chi connectivity index (χ3n) is 4.15. The maximum absolute atomic E-state index is 12.9. The van der Waals surface area contributed by atoms with Crippen LogP contribution in [0.1, 0.15) is 24.4 Å². The lowest BCUT2D eigenvalue weighted by atomic mass is 10.2. The fourth-order valence-electron chi connectivity index (χ4n) is 2.77. The number of rotatable bonds is 9. The Morgan fingerprint density at radius 1 is 1.03 bits per heavy atom. The van der Waals surface area contributed by atoms with Crippen LogP contribution in [0.15, 0.2) is 53.4 Å². The minimum absolute atomic E-state index is 0.0910. The molecule has 1 heterocycles. The molecule has 0 amide bonds. The van der Waals surface area contributed by atoms with Crippen LogP contribution in [-0.4, -0.2) is 26.6 Å². The smallest absolute Gasteiger partial charge is 0.244 e. The van der Waals surface area contributed by atoms with E-state index < -0.39 is 10.0 Å². The van der Waals surface area contributed by atoms with Gasteiger partial charge >= 0.3 is 0 Å². The molecule has 0 bridgehead atoms. The van der Waals surface area contributed by atoms with Crippen molar-refractivity contribution in [3.8, 4) is 22.1 Å². The number of benzene rings is 2. The Morgan fingerprint density at radius 2 is 1.76 bits per heavy atom. The number of ether oxygens (including phenoxy) is 2. The Morgan fingerprint density at radius 3 is 2.45 bits per heavy atom. The summed E-state index contributed by atoms with van der Waals surface area (Å²) >= 11 is 1.48. The maximum Gasteiger partial charge on any atom is 0.244 e. The summed E-state index contributed by atoms with van der Waals surface area (Å²) in [5.41, 5.74) is 1.83. The zero-order chi connectivity index (χ0) is 20.9. The Balaban J connectivity index is 1.81. The molecule has 0 saturated carbocycles. The molecular formula is C21H24N2O4S2. The van der Waals surface area contributed by atoms with E-state index in [2.05, 4.69) is 9.71 Å². The Labute approximate surface area is 175 Å². The summed E-state index contributed by atoms with van der Waals surface area (Å²) in [5, 5.41) is 0.869. The molecule has 1 N–H and O–H groups in total. The third kappa shape index (κ3) is 5.14. The van der Waals surface area contributed by atoms with E-state index in [-0.39, 0.29) is 17.2 Å². The highest BCUT2D eigenvalue weighted by Crippen LogP contribution is 2.30. The van der Waals surface area contributed by atoms with Gasteiger partial charge in [-0.05, 0) is 32.9 Å². The van der Waals surface area contributed by atoms with Gasteiger partial charge in [-0.25, -0.2) is 18.1 Å². The number of hydrogen-bond donors (Lipinski definition) is 1. The lowest BCUT2D eigenvalue weighted by molar-refractivity contribution is 0.317. The van der Waals surface area contributed by atoms with E-state index in [4.69, 9.17) is 9.47 Å². The second-order valence-corrected chi connectivity index (χ2v) is 9.01. The van der Waals surface area contributed by atoms with Gasteiger partial charge in [0.2, 0.25) is 10.0 Å². The highest BCUT2D eigenvalue weighted by atomic mass is 32.2. The maximum atomic E-state index is 12.9. The summed E-state index contributed by atoms with van der Waals surface area (Å²) in [6.07, 6.45) is 0. The number of aromatic nitrogens is 1. The molecular weight excluding hydrogens is 408 g/mol. The molecule has 6 nitrogen and oxygen atoms in total. The predicted molar refractivity (Wildman–Crippen MR) is 115 cm³/mol. The molecule has 154 valence electrons. The summed E-state index contributed by atoms with van der Waals surface area (Å²) in [5.74, 6) is 0.845. The topological polar surface area (TPSA) is 77.5 Å². The standard InChI is InChI=1S/C21H24N2O4S2/c1-4-26-17-11-12-20(18(13-17)27-5-2)29(24,25)22-14-19-15(3)23-21(28-19)16-9-7-6-8-10-16/h6-13,22H,4-5,14H2,1-3H3. The van der Waals surface area contributed by atoms with E-state index >= 15 is 0 Å². The van der Waals surface area contributed by atoms with Crippen LogP contribution in [0.4, 0.5) is 0 Å². The number of hydrogen-bond acceptors (Lipinski definition) is 6. The van der Waals surface area contributed by atoms with Gasteiger partial charge in [-0.2, -0.15) is 0 Å². The highest BCUT2D eigenvalue weighted by molar-refractivity contribution is 7.89.